The molecule has 2 rings (SSSR count). The molecule has 17 heavy (non-hydrogen) atoms. The summed E-state index contributed by atoms with van der Waals surface area (Å²) in [6.45, 7) is -0.0997. The Hall–Kier alpha value is -1.88. The van der Waals surface area contributed by atoms with Gasteiger partial charge in [-0.25, -0.2) is 4.79 Å². The highest BCUT2D eigenvalue weighted by Crippen LogP contribution is 2.20. The molecule has 1 aromatic carbocycles. The number of rotatable bonds is 4. The van der Waals surface area contributed by atoms with Crippen LogP contribution in [0.4, 0.5) is 0 Å². The minimum atomic E-state index is -0.623. The molecule has 0 aliphatic carbocycles. The maximum absolute atomic E-state index is 11.7. The first-order valence-electron chi connectivity index (χ1n) is 5.39. The minimum absolute atomic E-state index is 0.0997. The number of ether oxygens (including phenoxy) is 1. The molecule has 1 aliphatic heterocycles. The predicted molar refractivity (Wildman–Crippen MR) is 59.0 cm³/mol. The lowest BCUT2D eigenvalue weighted by Crippen LogP contribution is -2.60. The van der Waals surface area contributed by atoms with Crippen molar-refractivity contribution in [3.63, 3.8) is 0 Å². The third kappa shape index (κ3) is 2.45. The maximum Gasteiger partial charge on any atom is 0.340 e. The quantitative estimate of drug-likeness (QED) is 0.581. The van der Waals surface area contributed by atoms with Crippen LogP contribution in [-0.4, -0.2) is 29.8 Å². The van der Waals surface area contributed by atoms with Gasteiger partial charge < -0.3 is 15.2 Å². The molecular formula is C12H13NO4. The normalized spacial score (nSPS) is 22.5. The van der Waals surface area contributed by atoms with Crippen molar-refractivity contribution in [1.29, 1.82) is 0 Å². The molecule has 0 bridgehead atoms. The molecule has 0 saturated carbocycles. The second-order valence-electron chi connectivity index (χ2n) is 3.82. The lowest BCUT2D eigenvalue weighted by Gasteiger charge is -2.35. The van der Waals surface area contributed by atoms with Crippen LogP contribution in [0.3, 0.4) is 0 Å². The first-order chi connectivity index (χ1) is 8.22. The van der Waals surface area contributed by atoms with Gasteiger partial charge in [0.1, 0.15) is 0 Å². The lowest BCUT2D eigenvalue weighted by atomic mass is 9.95. The SMILES string of the molecule is O=C(OC1NC(=O)C1CCO)c1ccccc1. The van der Waals surface area contributed by atoms with E-state index >= 15 is 0 Å². The van der Waals surface area contributed by atoms with E-state index in [4.69, 9.17) is 9.84 Å². The van der Waals surface area contributed by atoms with E-state index in [9.17, 15) is 9.59 Å². The minimum Gasteiger partial charge on any atom is -0.437 e. The van der Waals surface area contributed by atoms with Crippen molar-refractivity contribution in [1.82, 2.24) is 5.32 Å². The summed E-state index contributed by atoms with van der Waals surface area (Å²) in [5.41, 5.74) is 0.441. The van der Waals surface area contributed by atoms with Crippen molar-refractivity contribution in [2.75, 3.05) is 6.61 Å². The van der Waals surface area contributed by atoms with Crippen molar-refractivity contribution < 1.29 is 19.4 Å². The van der Waals surface area contributed by atoms with Crippen molar-refractivity contribution in [3.8, 4) is 0 Å². The molecule has 5 nitrogen and oxygen atoms in total. The third-order valence-electron chi connectivity index (χ3n) is 2.67. The molecule has 2 atom stereocenters. The largest absolute Gasteiger partial charge is 0.437 e. The maximum atomic E-state index is 11.7. The van der Waals surface area contributed by atoms with Gasteiger partial charge >= 0.3 is 5.97 Å². The number of nitrogens with one attached hydrogen (secondary N) is 1. The summed E-state index contributed by atoms with van der Waals surface area (Å²) in [4.78, 5) is 22.8. The van der Waals surface area contributed by atoms with Crippen molar-refractivity contribution >= 4 is 11.9 Å². The Kier molecular flexibility index (Phi) is 3.39. The number of aliphatic hydroxyl groups excluding tert-OH is 1. The van der Waals surface area contributed by atoms with Crippen LogP contribution in [0.15, 0.2) is 30.3 Å². The molecule has 1 fully saturated rings. The molecule has 90 valence electrons. The first-order valence-corrected chi connectivity index (χ1v) is 5.39. The molecule has 1 saturated heterocycles. The fraction of sp³-hybridized carbons (Fsp3) is 0.333. The van der Waals surface area contributed by atoms with Gasteiger partial charge in [-0.3, -0.25) is 4.79 Å². The zero-order valence-corrected chi connectivity index (χ0v) is 9.13. The van der Waals surface area contributed by atoms with Crippen LogP contribution < -0.4 is 5.32 Å². The van der Waals surface area contributed by atoms with E-state index in [0.717, 1.165) is 0 Å². The zero-order chi connectivity index (χ0) is 12.3. The van der Waals surface area contributed by atoms with Gasteiger partial charge in [0.05, 0.1) is 11.5 Å². The average Bonchev–Trinajstić information content (AvgIpc) is 2.36. The standard InChI is InChI=1S/C12H13NO4/c14-7-6-9-10(15)13-11(9)17-12(16)8-4-2-1-3-5-8/h1-5,9,11,14H,6-7H2,(H,13,15). The van der Waals surface area contributed by atoms with Gasteiger partial charge in [0.2, 0.25) is 5.91 Å². The van der Waals surface area contributed by atoms with Crippen LogP contribution >= 0.6 is 0 Å². The molecule has 1 aromatic rings. The summed E-state index contributed by atoms with van der Waals surface area (Å²) in [5.74, 6) is -1.10. The number of carbonyl (C=O) groups is 2. The number of esters is 1. The number of hydrogen-bond donors (Lipinski definition) is 2. The van der Waals surface area contributed by atoms with Crippen LogP contribution in [0.25, 0.3) is 0 Å². The fourth-order valence-corrected chi connectivity index (χ4v) is 1.68. The summed E-state index contributed by atoms with van der Waals surface area (Å²) in [6.07, 6.45) is -0.319. The van der Waals surface area contributed by atoms with Crippen LogP contribution in [0.5, 0.6) is 0 Å². The van der Waals surface area contributed by atoms with E-state index in [1.165, 1.54) is 0 Å². The Labute approximate surface area is 98.4 Å². The van der Waals surface area contributed by atoms with E-state index in [2.05, 4.69) is 5.32 Å². The molecular weight excluding hydrogens is 222 g/mol. The molecule has 1 amide bonds. The Morgan fingerprint density at radius 1 is 1.35 bits per heavy atom. The molecule has 2 unspecified atom stereocenters. The summed E-state index contributed by atoms with van der Waals surface area (Å²) in [7, 11) is 0. The van der Waals surface area contributed by atoms with Crippen molar-refractivity contribution in [3.05, 3.63) is 35.9 Å². The van der Waals surface area contributed by atoms with Gasteiger partial charge in [-0.05, 0) is 18.6 Å². The highest BCUT2D eigenvalue weighted by molar-refractivity contribution is 5.91. The van der Waals surface area contributed by atoms with Gasteiger partial charge in [0, 0.05) is 6.61 Å². The van der Waals surface area contributed by atoms with Crippen molar-refractivity contribution in [2.24, 2.45) is 5.92 Å². The number of benzene rings is 1. The molecule has 1 heterocycles. The summed E-state index contributed by atoms with van der Waals surface area (Å²) in [6, 6.07) is 8.56. The van der Waals surface area contributed by atoms with Gasteiger partial charge in [-0.2, -0.15) is 0 Å². The predicted octanol–water partition coefficient (Wildman–Crippen LogP) is 0.298. The number of carbonyl (C=O) groups excluding carboxylic acids is 2. The number of aliphatic hydroxyl groups is 1. The van der Waals surface area contributed by atoms with E-state index in [-0.39, 0.29) is 12.5 Å². The van der Waals surface area contributed by atoms with Gasteiger partial charge in [-0.15, -0.1) is 0 Å². The first kappa shape index (κ1) is 11.6. The summed E-state index contributed by atoms with van der Waals surface area (Å²) < 4.78 is 5.13. The Balaban J connectivity index is 1.94. The average molecular weight is 235 g/mol. The van der Waals surface area contributed by atoms with Crippen LogP contribution in [0.2, 0.25) is 0 Å². The second-order valence-corrected chi connectivity index (χ2v) is 3.82. The molecule has 0 spiro atoms. The van der Waals surface area contributed by atoms with Crippen LogP contribution in [-0.2, 0) is 9.53 Å². The molecule has 0 aromatic heterocycles. The number of amides is 1. The van der Waals surface area contributed by atoms with Gasteiger partial charge in [0.15, 0.2) is 6.23 Å². The van der Waals surface area contributed by atoms with E-state index < -0.39 is 18.1 Å². The monoisotopic (exact) mass is 235 g/mol. The molecule has 5 heteroatoms. The molecule has 1 aliphatic rings. The number of β-lactam (4-membered cyclic amide) rings is 1. The molecule has 0 radical (unpaired) electrons. The number of hydrogen-bond acceptors (Lipinski definition) is 4. The molecule has 2 N–H and O–H groups in total. The second kappa shape index (κ2) is 4.97. The smallest absolute Gasteiger partial charge is 0.340 e. The third-order valence-corrected chi connectivity index (χ3v) is 2.67. The topological polar surface area (TPSA) is 75.6 Å². The zero-order valence-electron chi connectivity index (χ0n) is 9.13. The van der Waals surface area contributed by atoms with Crippen LogP contribution in [0.1, 0.15) is 16.8 Å². The fourth-order valence-electron chi connectivity index (χ4n) is 1.68. The Bertz CT molecular complexity index is 418. The van der Waals surface area contributed by atoms with Crippen LogP contribution in [0, 0.1) is 5.92 Å². The summed E-state index contributed by atoms with van der Waals surface area (Å²) in [5, 5.41) is 11.3. The van der Waals surface area contributed by atoms with Crippen molar-refractivity contribution in [2.45, 2.75) is 12.6 Å². The Morgan fingerprint density at radius 3 is 2.65 bits per heavy atom. The van der Waals surface area contributed by atoms with Gasteiger partial charge in [-0.1, -0.05) is 18.2 Å². The summed E-state index contributed by atoms with van der Waals surface area (Å²) >= 11 is 0. The van der Waals surface area contributed by atoms with Gasteiger partial charge in [0.25, 0.3) is 0 Å². The lowest BCUT2D eigenvalue weighted by molar-refractivity contribution is -0.148. The highest BCUT2D eigenvalue weighted by atomic mass is 16.6. The Morgan fingerprint density at radius 2 is 2.06 bits per heavy atom. The van der Waals surface area contributed by atoms with E-state index in [1.54, 1.807) is 30.3 Å². The highest BCUT2D eigenvalue weighted by Gasteiger charge is 2.41. The van der Waals surface area contributed by atoms with E-state index in [1.807, 2.05) is 0 Å². The van der Waals surface area contributed by atoms with E-state index in [0.29, 0.717) is 12.0 Å².